The number of aromatic nitrogens is 1. The van der Waals surface area contributed by atoms with Crippen LogP contribution in [0.3, 0.4) is 0 Å². The van der Waals surface area contributed by atoms with E-state index >= 15 is 0 Å². The topological polar surface area (TPSA) is 81.4 Å². The predicted molar refractivity (Wildman–Crippen MR) is 103 cm³/mol. The first-order valence-electron chi connectivity index (χ1n) is 8.23. The lowest BCUT2D eigenvalue weighted by atomic mass is 10.2. The van der Waals surface area contributed by atoms with E-state index in [-0.39, 0.29) is 5.89 Å². The summed E-state index contributed by atoms with van der Waals surface area (Å²) >= 11 is 5.93. The van der Waals surface area contributed by atoms with Gasteiger partial charge in [0, 0.05) is 22.9 Å². The molecule has 0 aliphatic heterocycles. The maximum absolute atomic E-state index is 12.2. The summed E-state index contributed by atoms with van der Waals surface area (Å²) in [4.78, 5) is 28.4. The fourth-order valence-corrected chi connectivity index (χ4v) is 2.50. The number of nitrogens with zero attached hydrogens (tertiary/aromatic N) is 1. The number of hydrogen-bond acceptors (Lipinski definition) is 5. The number of nitrogens with one attached hydrogen (secondary N) is 1. The van der Waals surface area contributed by atoms with Gasteiger partial charge < -0.3 is 14.5 Å². The number of rotatable bonds is 5. The number of fused-ring (bicyclic) bond motifs is 1. The van der Waals surface area contributed by atoms with E-state index in [1.54, 1.807) is 30.3 Å². The Bertz CT molecular complexity index is 993. The number of carbonyl (C=O) groups excluding carboxylic acids is 2. The lowest BCUT2D eigenvalue weighted by molar-refractivity contribution is -0.148. The molecule has 0 spiro atoms. The molecule has 0 radical (unpaired) electrons. The van der Waals surface area contributed by atoms with Gasteiger partial charge in [-0.3, -0.25) is 4.79 Å². The third-order valence-electron chi connectivity index (χ3n) is 3.79. The van der Waals surface area contributed by atoms with Gasteiger partial charge in [0.1, 0.15) is 5.52 Å². The highest BCUT2D eigenvalue weighted by molar-refractivity contribution is 6.31. The Morgan fingerprint density at radius 2 is 2.04 bits per heavy atom. The molecule has 0 aliphatic rings. The van der Waals surface area contributed by atoms with E-state index in [4.69, 9.17) is 20.8 Å². The molecule has 6 nitrogen and oxygen atoms in total. The zero-order chi connectivity index (χ0) is 19.4. The minimum Gasteiger partial charge on any atom is -0.449 e. The van der Waals surface area contributed by atoms with Crippen molar-refractivity contribution in [1.82, 2.24) is 4.98 Å². The molecule has 3 aromatic rings. The van der Waals surface area contributed by atoms with Gasteiger partial charge in [-0.2, -0.15) is 0 Å². The van der Waals surface area contributed by atoms with Gasteiger partial charge in [-0.1, -0.05) is 29.8 Å². The summed E-state index contributed by atoms with van der Waals surface area (Å²) < 4.78 is 10.6. The minimum atomic E-state index is -0.982. The average Bonchev–Trinajstić information content (AvgIpc) is 3.06. The Morgan fingerprint density at radius 1 is 1.26 bits per heavy atom. The highest BCUT2D eigenvalue weighted by Crippen LogP contribution is 2.20. The molecular formula is C20H17ClN2O4. The zero-order valence-electron chi connectivity index (χ0n) is 14.7. The van der Waals surface area contributed by atoms with Gasteiger partial charge in [-0.05, 0) is 43.7 Å². The number of amides is 1. The molecule has 1 atom stereocenters. The maximum Gasteiger partial charge on any atom is 0.331 e. The highest BCUT2D eigenvalue weighted by atomic mass is 35.5. The highest BCUT2D eigenvalue weighted by Gasteiger charge is 2.17. The van der Waals surface area contributed by atoms with Crippen molar-refractivity contribution in [2.24, 2.45) is 0 Å². The summed E-state index contributed by atoms with van der Waals surface area (Å²) in [6, 6.07) is 12.4. The molecule has 27 heavy (non-hydrogen) atoms. The smallest absolute Gasteiger partial charge is 0.331 e. The molecular weight excluding hydrogens is 368 g/mol. The summed E-state index contributed by atoms with van der Waals surface area (Å²) in [5, 5.41) is 3.19. The molecule has 7 heteroatoms. The van der Waals surface area contributed by atoms with Crippen LogP contribution in [0.4, 0.5) is 5.69 Å². The number of hydrogen-bond donors (Lipinski definition) is 1. The van der Waals surface area contributed by atoms with E-state index in [1.165, 1.54) is 19.1 Å². The van der Waals surface area contributed by atoms with Crippen LogP contribution in [0.1, 0.15) is 18.4 Å². The molecule has 0 aliphatic carbocycles. The second-order valence-corrected chi connectivity index (χ2v) is 6.32. The lowest BCUT2D eigenvalue weighted by Gasteiger charge is -2.14. The molecule has 2 aromatic carbocycles. The summed E-state index contributed by atoms with van der Waals surface area (Å²) in [6.45, 7) is 3.33. The van der Waals surface area contributed by atoms with Gasteiger partial charge in [0.2, 0.25) is 5.89 Å². The Kier molecular flexibility index (Phi) is 5.57. The number of carbonyl (C=O) groups is 2. The molecule has 0 saturated heterocycles. The first-order valence-corrected chi connectivity index (χ1v) is 8.61. The lowest BCUT2D eigenvalue weighted by Crippen LogP contribution is -2.29. The van der Waals surface area contributed by atoms with Gasteiger partial charge in [-0.25, -0.2) is 9.78 Å². The van der Waals surface area contributed by atoms with Crippen molar-refractivity contribution < 1.29 is 18.7 Å². The number of benzene rings is 2. The van der Waals surface area contributed by atoms with E-state index in [0.29, 0.717) is 21.8 Å². The normalized spacial score (nSPS) is 12.3. The van der Waals surface area contributed by atoms with Crippen LogP contribution in [0.25, 0.3) is 17.2 Å². The Balaban J connectivity index is 1.59. The first kappa shape index (κ1) is 18.7. The van der Waals surface area contributed by atoms with Crippen LogP contribution in [-0.2, 0) is 14.3 Å². The first-order chi connectivity index (χ1) is 12.9. The van der Waals surface area contributed by atoms with Crippen molar-refractivity contribution >= 4 is 46.3 Å². The molecule has 1 heterocycles. The van der Waals surface area contributed by atoms with Crippen LogP contribution in [0, 0.1) is 6.92 Å². The standard InChI is InChI=1S/C20H17ClN2O4/c1-12-7-8-14(21)11-16(12)23-20(25)13(2)26-19(24)10-9-18-22-15-5-3-4-6-17(15)27-18/h3-11,13H,1-2H3,(H,23,25)/b10-9+/t13-/m1/s1. The van der Waals surface area contributed by atoms with Crippen LogP contribution < -0.4 is 5.32 Å². The Labute approximate surface area is 160 Å². The molecule has 1 N–H and O–H groups in total. The summed E-state index contributed by atoms with van der Waals surface area (Å²) in [7, 11) is 0. The summed E-state index contributed by atoms with van der Waals surface area (Å²) in [6.07, 6.45) is 1.58. The summed E-state index contributed by atoms with van der Waals surface area (Å²) in [5.74, 6) is -0.855. The number of halogens is 1. The summed E-state index contributed by atoms with van der Waals surface area (Å²) in [5.41, 5.74) is 2.73. The zero-order valence-corrected chi connectivity index (χ0v) is 15.5. The van der Waals surface area contributed by atoms with Crippen LogP contribution >= 0.6 is 11.6 Å². The third kappa shape index (κ3) is 4.74. The molecule has 0 bridgehead atoms. The van der Waals surface area contributed by atoms with E-state index < -0.39 is 18.0 Å². The van der Waals surface area contributed by atoms with Crippen LogP contribution in [0.5, 0.6) is 0 Å². The van der Waals surface area contributed by atoms with Gasteiger partial charge in [0.05, 0.1) is 0 Å². The van der Waals surface area contributed by atoms with Crippen molar-refractivity contribution in [3.63, 3.8) is 0 Å². The van der Waals surface area contributed by atoms with E-state index in [2.05, 4.69) is 10.3 Å². The van der Waals surface area contributed by atoms with Gasteiger partial charge in [0.15, 0.2) is 11.7 Å². The molecule has 0 fully saturated rings. The average molecular weight is 385 g/mol. The maximum atomic E-state index is 12.2. The number of aryl methyl sites for hydroxylation is 1. The van der Waals surface area contributed by atoms with E-state index in [9.17, 15) is 9.59 Å². The number of para-hydroxylation sites is 2. The molecule has 1 aromatic heterocycles. The van der Waals surface area contributed by atoms with Crippen molar-refractivity contribution in [1.29, 1.82) is 0 Å². The second-order valence-electron chi connectivity index (χ2n) is 5.88. The fourth-order valence-electron chi connectivity index (χ4n) is 2.33. The van der Waals surface area contributed by atoms with Crippen molar-refractivity contribution in [2.75, 3.05) is 5.32 Å². The fraction of sp³-hybridized carbons (Fsp3) is 0.150. The number of esters is 1. The molecule has 0 saturated carbocycles. The number of ether oxygens (including phenoxy) is 1. The third-order valence-corrected chi connectivity index (χ3v) is 4.03. The quantitative estimate of drug-likeness (QED) is 0.521. The van der Waals surface area contributed by atoms with E-state index in [1.807, 2.05) is 19.1 Å². The monoisotopic (exact) mass is 384 g/mol. The molecule has 3 rings (SSSR count). The molecule has 0 unspecified atom stereocenters. The van der Waals surface area contributed by atoms with Crippen LogP contribution in [-0.4, -0.2) is 23.0 Å². The second kappa shape index (κ2) is 8.05. The van der Waals surface area contributed by atoms with Gasteiger partial charge in [0.25, 0.3) is 5.91 Å². The largest absolute Gasteiger partial charge is 0.449 e. The van der Waals surface area contributed by atoms with E-state index in [0.717, 1.165) is 5.56 Å². The van der Waals surface area contributed by atoms with Crippen LogP contribution in [0.2, 0.25) is 5.02 Å². The number of oxazole rings is 1. The Hall–Kier alpha value is -3.12. The van der Waals surface area contributed by atoms with Crippen molar-refractivity contribution in [3.8, 4) is 0 Å². The Morgan fingerprint density at radius 3 is 2.81 bits per heavy atom. The molecule has 138 valence electrons. The van der Waals surface area contributed by atoms with Crippen molar-refractivity contribution in [2.45, 2.75) is 20.0 Å². The van der Waals surface area contributed by atoms with Gasteiger partial charge in [-0.15, -0.1) is 0 Å². The predicted octanol–water partition coefficient (Wildman–Crippen LogP) is 4.37. The van der Waals surface area contributed by atoms with Crippen molar-refractivity contribution in [3.05, 3.63) is 65.0 Å². The van der Waals surface area contributed by atoms with Gasteiger partial charge >= 0.3 is 5.97 Å². The van der Waals surface area contributed by atoms with Crippen LogP contribution in [0.15, 0.2) is 53.0 Å². The SMILES string of the molecule is Cc1ccc(Cl)cc1NC(=O)[C@@H](C)OC(=O)/C=C/c1nc2ccccc2o1. The molecule has 1 amide bonds. The minimum absolute atomic E-state index is 0.278. The number of anilines is 1.